The molecule has 21 heavy (non-hydrogen) atoms. The second-order valence-corrected chi connectivity index (χ2v) is 5.28. The molecule has 2 rings (SSSR count). The van der Waals surface area contributed by atoms with Gasteiger partial charge in [0.05, 0.1) is 18.2 Å². The molecule has 0 radical (unpaired) electrons. The van der Waals surface area contributed by atoms with Crippen LogP contribution in [-0.2, 0) is 4.79 Å². The Kier molecular flexibility index (Phi) is 4.70. The van der Waals surface area contributed by atoms with Crippen molar-refractivity contribution in [3.05, 3.63) is 36.5 Å². The molecule has 1 atom stereocenters. The van der Waals surface area contributed by atoms with Gasteiger partial charge in [0.25, 0.3) is 0 Å². The van der Waals surface area contributed by atoms with E-state index in [-0.39, 0.29) is 18.2 Å². The van der Waals surface area contributed by atoms with E-state index in [1.54, 1.807) is 35.3 Å². The normalized spacial score (nSPS) is 12.4. The molecule has 0 aliphatic rings. The lowest BCUT2D eigenvalue weighted by atomic mass is 10.0. The number of nitrogens with one attached hydrogen (secondary N) is 1. The van der Waals surface area contributed by atoms with Gasteiger partial charge in [-0.25, -0.2) is 9.97 Å². The van der Waals surface area contributed by atoms with Crippen molar-refractivity contribution >= 4 is 11.6 Å². The van der Waals surface area contributed by atoms with Gasteiger partial charge in [-0.3, -0.25) is 9.36 Å². The molecule has 0 aromatic carbocycles. The van der Waals surface area contributed by atoms with Crippen LogP contribution in [0.25, 0.3) is 5.82 Å². The third-order valence-electron chi connectivity index (χ3n) is 3.28. The fourth-order valence-corrected chi connectivity index (χ4v) is 1.92. The minimum Gasteiger partial charge on any atom is -0.392 e. The van der Waals surface area contributed by atoms with Crippen LogP contribution >= 0.6 is 0 Å². The Morgan fingerprint density at radius 2 is 2.14 bits per heavy atom. The number of carbonyl (C=O) groups excluding carboxylic acids is 1. The molecule has 0 aliphatic heterocycles. The molecule has 0 saturated heterocycles. The number of nitrogens with zero attached hydrogens (tertiary/aromatic N) is 3. The summed E-state index contributed by atoms with van der Waals surface area (Å²) in [5.41, 5.74) is 0.597. The summed E-state index contributed by atoms with van der Waals surface area (Å²) >= 11 is 0. The summed E-state index contributed by atoms with van der Waals surface area (Å²) in [6, 6.07) is 3.53. The van der Waals surface area contributed by atoms with Gasteiger partial charge in [0, 0.05) is 18.6 Å². The van der Waals surface area contributed by atoms with E-state index in [4.69, 9.17) is 0 Å². The minimum atomic E-state index is -0.653. The van der Waals surface area contributed by atoms with E-state index in [0.717, 1.165) is 5.82 Å². The van der Waals surface area contributed by atoms with Crippen molar-refractivity contribution in [2.24, 2.45) is 5.92 Å². The summed E-state index contributed by atoms with van der Waals surface area (Å²) in [6.07, 6.45) is 4.54. The largest absolute Gasteiger partial charge is 0.392 e. The topological polar surface area (TPSA) is 80.0 Å². The molecular formula is C15H20N4O2. The van der Waals surface area contributed by atoms with Crippen LogP contribution in [0.4, 0.5) is 5.69 Å². The Morgan fingerprint density at radius 3 is 2.76 bits per heavy atom. The first-order valence-corrected chi connectivity index (χ1v) is 6.92. The molecule has 112 valence electrons. The molecule has 0 spiro atoms. The summed E-state index contributed by atoms with van der Waals surface area (Å²) in [7, 11) is 0. The van der Waals surface area contributed by atoms with E-state index in [9.17, 15) is 9.90 Å². The second-order valence-electron chi connectivity index (χ2n) is 5.28. The smallest absolute Gasteiger partial charge is 0.227 e. The van der Waals surface area contributed by atoms with Crippen molar-refractivity contribution < 1.29 is 9.90 Å². The van der Waals surface area contributed by atoms with Gasteiger partial charge in [0.2, 0.25) is 5.91 Å². The highest BCUT2D eigenvalue weighted by molar-refractivity contribution is 5.92. The van der Waals surface area contributed by atoms with Crippen LogP contribution in [0.15, 0.2) is 30.7 Å². The van der Waals surface area contributed by atoms with E-state index >= 15 is 0 Å². The predicted octanol–water partition coefficient (Wildman–Crippen LogP) is 1.92. The summed E-state index contributed by atoms with van der Waals surface area (Å²) < 4.78 is 1.80. The van der Waals surface area contributed by atoms with E-state index in [0.29, 0.717) is 11.5 Å². The van der Waals surface area contributed by atoms with Crippen molar-refractivity contribution in [3.63, 3.8) is 0 Å². The highest BCUT2D eigenvalue weighted by atomic mass is 16.3. The molecule has 6 heteroatoms. The van der Waals surface area contributed by atoms with Crippen LogP contribution in [0.2, 0.25) is 0 Å². The van der Waals surface area contributed by atoms with Gasteiger partial charge in [0.1, 0.15) is 5.82 Å². The summed E-state index contributed by atoms with van der Waals surface area (Å²) in [6.45, 7) is 5.62. The maximum atomic E-state index is 12.0. The van der Waals surface area contributed by atoms with Gasteiger partial charge in [-0.1, -0.05) is 13.8 Å². The van der Waals surface area contributed by atoms with Gasteiger partial charge in [-0.15, -0.1) is 0 Å². The van der Waals surface area contributed by atoms with Crippen molar-refractivity contribution in [2.45, 2.75) is 33.3 Å². The number of rotatable bonds is 5. The Balaban J connectivity index is 2.18. The molecule has 2 aromatic heterocycles. The molecule has 1 amide bonds. The minimum absolute atomic E-state index is 0.0417. The standard InChI is InChI=1S/C15H20N4O2/c1-10(2)13(20)9-14(21)18-12-5-4-6-17-15(12)19-8-7-16-11(19)3/h4-8,10,13,20H,9H2,1-3H3,(H,18,21). The Morgan fingerprint density at radius 1 is 1.38 bits per heavy atom. The summed E-state index contributed by atoms with van der Waals surface area (Å²) in [5.74, 6) is 1.20. The fraction of sp³-hybridized carbons (Fsp3) is 0.400. The maximum absolute atomic E-state index is 12.0. The zero-order valence-corrected chi connectivity index (χ0v) is 12.4. The van der Waals surface area contributed by atoms with E-state index in [1.807, 2.05) is 20.8 Å². The van der Waals surface area contributed by atoms with Crippen molar-refractivity contribution in [2.75, 3.05) is 5.32 Å². The molecule has 2 heterocycles. The average Bonchev–Trinajstić information content (AvgIpc) is 2.85. The van der Waals surface area contributed by atoms with Crippen LogP contribution in [0.3, 0.4) is 0 Å². The maximum Gasteiger partial charge on any atom is 0.227 e. The lowest BCUT2D eigenvalue weighted by molar-refractivity contribution is -0.118. The van der Waals surface area contributed by atoms with Crippen molar-refractivity contribution in [1.29, 1.82) is 0 Å². The number of aliphatic hydroxyl groups excluding tert-OH is 1. The Labute approximate surface area is 123 Å². The quantitative estimate of drug-likeness (QED) is 0.881. The lowest BCUT2D eigenvalue weighted by Crippen LogP contribution is -2.24. The van der Waals surface area contributed by atoms with Gasteiger partial charge in [-0.2, -0.15) is 0 Å². The fourth-order valence-electron chi connectivity index (χ4n) is 1.92. The van der Waals surface area contributed by atoms with Crippen LogP contribution in [-0.4, -0.2) is 31.7 Å². The first-order valence-electron chi connectivity index (χ1n) is 6.92. The van der Waals surface area contributed by atoms with Crippen LogP contribution in [0.1, 0.15) is 26.1 Å². The number of carbonyl (C=O) groups is 1. The van der Waals surface area contributed by atoms with Gasteiger partial charge >= 0.3 is 0 Å². The molecule has 0 aliphatic carbocycles. The SMILES string of the molecule is Cc1nccn1-c1ncccc1NC(=O)CC(O)C(C)C. The molecule has 1 unspecified atom stereocenters. The molecule has 2 aromatic rings. The number of imidazole rings is 1. The third-order valence-corrected chi connectivity index (χ3v) is 3.28. The van der Waals surface area contributed by atoms with Crippen LogP contribution in [0.5, 0.6) is 0 Å². The van der Waals surface area contributed by atoms with E-state index in [2.05, 4.69) is 15.3 Å². The number of hydrogen-bond donors (Lipinski definition) is 2. The highest BCUT2D eigenvalue weighted by Gasteiger charge is 2.16. The Bertz CT molecular complexity index is 622. The lowest BCUT2D eigenvalue weighted by Gasteiger charge is -2.15. The zero-order chi connectivity index (χ0) is 15.4. The molecule has 0 bridgehead atoms. The van der Waals surface area contributed by atoms with Crippen molar-refractivity contribution in [3.8, 4) is 5.82 Å². The van der Waals surface area contributed by atoms with E-state index < -0.39 is 6.10 Å². The molecular weight excluding hydrogens is 268 g/mol. The number of hydrogen-bond acceptors (Lipinski definition) is 4. The van der Waals surface area contributed by atoms with Crippen molar-refractivity contribution in [1.82, 2.24) is 14.5 Å². The second kappa shape index (κ2) is 6.49. The van der Waals surface area contributed by atoms with Crippen LogP contribution < -0.4 is 5.32 Å². The van der Waals surface area contributed by atoms with E-state index in [1.165, 1.54) is 0 Å². The summed E-state index contributed by atoms with van der Waals surface area (Å²) in [5, 5.41) is 12.6. The summed E-state index contributed by atoms with van der Waals surface area (Å²) in [4.78, 5) is 20.5. The molecule has 6 nitrogen and oxygen atoms in total. The first kappa shape index (κ1) is 15.2. The molecule has 2 N–H and O–H groups in total. The highest BCUT2D eigenvalue weighted by Crippen LogP contribution is 2.19. The number of aromatic nitrogens is 3. The Hall–Kier alpha value is -2.21. The number of anilines is 1. The number of amides is 1. The molecule has 0 fully saturated rings. The zero-order valence-electron chi connectivity index (χ0n) is 12.4. The number of pyridine rings is 1. The monoisotopic (exact) mass is 288 g/mol. The molecule has 0 saturated carbocycles. The van der Waals surface area contributed by atoms with Crippen LogP contribution in [0, 0.1) is 12.8 Å². The first-order chi connectivity index (χ1) is 9.99. The predicted molar refractivity (Wildman–Crippen MR) is 80.2 cm³/mol. The number of aryl methyl sites for hydroxylation is 1. The van der Waals surface area contributed by atoms with Gasteiger partial charge in [-0.05, 0) is 25.0 Å². The third kappa shape index (κ3) is 3.66. The number of aliphatic hydroxyl groups is 1. The van der Waals surface area contributed by atoms with Gasteiger partial charge < -0.3 is 10.4 Å². The van der Waals surface area contributed by atoms with Gasteiger partial charge in [0.15, 0.2) is 5.82 Å². The average molecular weight is 288 g/mol.